The summed E-state index contributed by atoms with van der Waals surface area (Å²) in [6.07, 6.45) is 0.999. The number of rotatable bonds is 5. The number of nitrogens with one attached hydrogen (secondary N) is 2. The average Bonchev–Trinajstić information content (AvgIpc) is 2.48. The number of hydrogen-bond donors (Lipinski definition) is 2. The average molecular weight is 417 g/mol. The third-order valence-electron chi connectivity index (χ3n) is 2.63. The van der Waals surface area contributed by atoms with E-state index in [4.69, 9.17) is 11.6 Å². The molecule has 5 nitrogen and oxygen atoms in total. The van der Waals surface area contributed by atoms with Crippen molar-refractivity contribution < 1.29 is 4.79 Å². The molecule has 110 valence electrons. The lowest BCUT2D eigenvalue weighted by Crippen LogP contribution is -2.15. The van der Waals surface area contributed by atoms with E-state index >= 15 is 0 Å². The Morgan fingerprint density at radius 3 is 2.71 bits per heavy atom. The molecule has 1 aromatic heterocycles. The van der Waals surface area contributed by atoms with Crippen LogP contribution in [-0.2, 0) is 0 Å². The number of aromatic nitrogens is 2. The lowest BCUT2D eigenvalue weighted by atomic mass is 10.3. The van der Waals surface area contributed by atoms with Crippen LogP contribution in [0.4, 0.5) is 11.5 Å². The lowest BCUT2D eigenvalue weighted by Gasteiger charge is -2.07. The van der Waals surface area contributed by atoms with Gasteiger partial charge in [0.25, 0.3) is 5.91 Å². The lowest BCUT2D eigenvalue weighted by molar-refractivity contribution is 0.102. The Morgan fingerprint density at radius 1 is 1.29 bits per heavy atom. The number of halogens is 2. The van der Waals surface area contributed by atoms with E-state index in [1.54, 1.807) is 30.3 Å². The molecule has 0 aliphatic carbocycles. The maximum Gasteiger partial charge on any atom is 0.276 e. The first-order valence-electron chi connectivity index (χ1n) is 6.44. The van der Waals surface area contributed by atoms with E-state index in [1.807, 2.05) is 0 Å². The van der Waals surface area contributed by atoms with Gasteiger partial charge in [0, 0.05) is 15.1 Å². The number of hydrogen-bond acceptors (Lipinski definition) is 4. The molecule has 0 unspecified atom stereocenters. The molecule has 0 spiro atoms. The molecule has 0 atom stereocenters. The Morgan fingerprint density at radius 2 is 2.10 bits per heavy atom. The first kappa shape index (κ1) is 16.0. The van der Waals surface area contributed by atoms with E-state index in [9.17, 15) is 4.79 Å². The molecule has 1 amide bonds. The predicted molar refractivity (Wildman–Crippen MR) is 92.9 cm³/mol. The molecule has 0 aliphatic rings. The molecular weight excluding hydrogens is 403 g/mol. The highest BCUT2D eigenvalue weighted by atomic mass is 127. The zero-order chi connectivity index (χ0) is 15.2. The zero-order valence-corrected chi connectivity index (χ0v) is 14.3. The third-order valence-corrected chi connectivity index (χ3v) is 3.76. The predicted octanol–water partition coefficient (Wildman–Crippen LogP) is 3.81. The maximum atomic E-state index is 12.1. The van der Waals surface area contributed by atoms with Gasteiger partial charge < -0.3 is 10.6 Å². The minimum atomic E-state index is -0.301. The van der Waals surface area contributed by atoms with Gasteiger partial charge in [-0.05, 0) is 59.3 Å². The summed E-state index contributed by atoms with van der Waals surface area (Å²) in [7, 11) is 0. The number of anilines is 2. The van der Waals surface area contributed by atoms with Gasteiger partial charge in [0.1, 0.15) is 5.82 Å². The summed E-state index contributed by atoms with van der Waals surface area (Å²) < 4.78 is 0.864. The van der Waals surface area contributed by atoms with Crippen molar-refractivity contribution in [2.24, 2.45) is 0 Å². The van der Waals surface area contributed by atoms with Crippen molar-refractivity contribution in [3.05, 3.63) is 44.6 Å². The fraction of sp³-hybridized carbons (Fsp3) is 0.214. The number of benzene rings is 1. The van der Waals surface area contributed by atoms with Gasteiger partial charge in [-0.1, -0.05) is 18.5 Å². The van der Waals surface area contributed by atoms with Gasteiger partial charge in [0.05, 0.1) is 5.69 Å². The second-order valence-electron chi connectivity index (χ2n) is 4.31. The van der Waals surface area contributed by atoms with Crippen LogP contribution in [0.25, 0.3) is 0 Å². The Balaban J connectivity index is 2.06. The van der Waals surface area contributed by atoms with Gasteiger partial charge in [-0.2, -0.15) is 0 Å². The smallest absolute Gasteiger partial charge is 0.276 e. The fourth-order valence-electron chi connectivity index (χ4n) is 1.58. The van der Waals surface area contributed by atoms with Gasteiger partial charge in [0.2, 0.25) is 0 Å². The van der Waals surface area contributed by atoms with Gasteiger partial charge >= 0.3 is 0 Å². The number of amides is 1. The molecule has 0 aliphatic heterocycles. The topological polar surface area (TPSA) is 66.9 Å². The van der Waals surface area contributed by atoms with E-state index in [2.05, 4.69) is 50.3 Å². The summed E-state index contributed by atoms with van der Waals surface area (Å²) >= 11 is 8.00. The van der Waals surface area contributed by atoms with Crippen LogP contribution >= 0.6 is 34.2 Å². The second kappa shape index (κ2) is 7.56. The minimum Gasteiger partial charge on any atom is -0.369 e. The summed E-state index contributed by atoms with van der Waals surface area (Å²) in [5.41, 5.74) is 0.961. The summed E-state index contributed by atoms with van der Waals surface area (Å²) in [4.78, 5) is 12.1. The van der Waals surface area contributed by atoms with Crippen LogP contribution in [0.2, 0.25) is 5.02 Å². The normalized spacial score (nSPS) is 10.2. The quantitative estimate of drug-likeness (QED) is 0.728. The highest BCUT2D eigenvalue weighted by Crippen LogP contribution is 2.22. The molecule has 0 fully saturated rings. The van der Waals surface area contributed by atoms with Crippen molar-refractivity contribution >= 4 is 51.6 Å². The van der Waals surface area contributed by atoms with E-state index in [1.165, 1.54) is 0 Å². The molecule has 0 saturated carbocycles. The van der Waals surface area contributed by atoms with Gasteiger partial charge in [-0.25, -0.2) is 0 Å². The Kier molecular flexibility index (Phi) is 5.75. The zero-order valence-electron chi connectivity index (χ0n) is 11.4. The van der Waals surface area contributed by atoms with Gasteiger partial charge in [0.15, 0.2) is 5.69 Å². The van der Waals surface area contributed by atoms with Crippen LogP contribution in [-0.4, -0.2) is 22.6 Å². The SMILES string of the molecule is CCCNc1ccc(C(=O)Nc2ccc(Cl)cc2I)nn1. The third kappa shape index (κ3) is 4.53. The largest absolute Gasteiger partial charge is 0.369 e. The van der Waals surface area contributed by atoms with Crippen molar-refractivity contribution in [1.82, 2.24) is 10.2 Å². The summed E-state index contributed by atoms with van der Waals surface area (Å²) in [5, 5.41) is 14.4. The van der Waals surface area contributed by atoms with Crippen LogP contribution in [0.15, 0.2) is 30.3 Å². The van der Waals surface area contributed by atoms with E-state index in [0.717, 1.165) is 16.5 Å². The molecule has 21 heavy (non-hydrogen) atoms. The van der Waals surface area contributed by atoms with Gasteiger partial charge in [-0.15, -0.1) is 10.2 Å². The number of nitrogens with zero attached hydrogens (tertiary/aromatic N) is 2. The molecule has 0 bridgehead atoms. The summed E-state index contributed by atoms with van der Waals surface area (Å²) in [5.74, 6) is 0.360. The highest BCUT2D eigenvalue weighted by Gasteiger charge is 2.10. The van der Waals surface area contributed by atoms with E-state index in [-0.39, 0.29) is 11.6 Å². The van der Waals surface area contributed by atoms with Crippen molar-refractivity contribution in [2.75, 3.05) is 17.2 Å². The van der Waals surface area contributed by atoms with Crippen LogP contribution in [0.5, 0.6) is 0 Å². The fourth-order valence-corrected chi connectivity index (χ4v) is 2.58. The van der Waals surface area contributed by atoms with Crippen molar-refractivity contribution in [3.8, 4) is 0 Å². The van der Waals surface area contributed by atoms with Crippen molar-refractivity contribution in [1.29, 1.82) is 0 Å². The first-order chi connectivity index (χ1) is 10.1. The van der Waals surface area contributed by atoms with Crippen LogP contribution in [0.3, 0.4) is 0 Å². The maximum absolute atomic E-state index is 12.1. The molecular formula is C14H14ClIN4O. The van der Waals surface area contributed by atoms with Crippen LogP contribution in [0.1, 0.15) is 23.8 Å². The number of carbonyl (C=O) groups excluding carboxylic acids is 1. The Labute approximate surface area is 141 Å². The molecule has 2 rings (SSSR count). The standard InChI is InChI=1S/C14H14ClIN4O/c1-2-7-17-13-6-5-12(19-20-13)14(21)18-11-4-3-9(15)8-10(11)16/h3-6,8H,2,7H2,1H3,(H,17,20)(H,18,21). The van der Waals surface area contributed by atoms with E-state index in [0.29, 0.717) is 16.5 Å². The molecule has 2 aromatic rings. The molecule has 1 heterocycles. The summed E-state index contributed by atoms with van der Waals surface area (Å²) in [6.45, 7) is 2.89. The van der Waals surface area contributed by atoms with Gasteiger partial charge in [-0.3, -0.25) is 4.79 Å². The summed E-state index contributed by atoms with van der Waals surface area (Å²) in [6, 6.07) is 8.64. The van der Waals surface area contributed by atoms with E-state index < -0.39 is 0 Å². The number of carbonyl (C=O) groups is 1. The molecule has 0 radical (unpaired) electrons. The first-order valence-corrected chi connectivity index (χ1v) is 7.90. The van der Waals surface area contributed by atoms with Crippen molar-refractivity contribution in [2.45, 2.75) is 13.3 Å². The molecule has 2 N–H and O–H groups in total. The molecule has 7 heteroatoms. The molecule has 0 saturated heterocycles. The van der Waals surface area contributed by atoms with Crippen LogP contribution in [0, 0.1) is 3.57 Å². The second-order valence-corrected chi connectivity index (χ2v) is 5.91. The molecule has 1 aromatic carbocycles. The highest BCUT2D eigenvalue weighted by molar-refractivity contribution is 14.1. The monoisotopic (exact) mass is 416 g/mol. The minimum absolute atomic E-state index is 0.266. The Bertz CT molecular complexity index is 633. The van der Waals surface area contributed by atoms with Crippen LogP contribution < -0.4 is 10.6 Å². The Hall–Kier alpha value is -1.41. The van der Waals surface area contributed by atoms with Crippen molar-refractivity contribution in [3.63, 3.8) is 0 Å².